The number of hydrogen-bond acceptors (Lipinski definition) is 5. The van der Waals surface area contributed by atoms with E-state index in [1.54, 1.807) is 0 Å². The van der Waals surface area contributed by atoms with Gasteiger partial charge in [-0.3, -0.25) is 0 Å². The number of aromatic nitrogens is 2. The molecule has 1 aromatic rings. The van der Waals surface area contributed by atoms with E-state index in [4.69, 9.17) is 0 Å². The molecule has 1 saturated heterocycles. The van der Waals surface area contributed by atoms with Gasteiger partial charge in [0.2, 0.25) is 5.13 Å². The lowest BCUT2D eigenvalue weighted by Gasteiger charge is -2.22. The van der Waals surface area contributed by atoms with Crippen molar-refractivity contribution in [2.75, 3.05) is 25.0 Å². The smallest absolute Gasteiger partial charge is 0.202 e. The monoisotopic (exact) mass is 212 g/mol. The van der Waals surface area contributed by atoms with Gasteiger partial charge in [0.1, 0.15) is 5.82 Å². The molecule has 1 aliphatic rings. The molecular formula is C9H16N4S. The van der Waals surface area contributed by atoms with Crippen molar-refractivity contribution in [2.45, 2.75) is 19.8 Å². The summed E-state index contributed by atoms with van der Waals surface area (Å²) < 4.78 is 4.13. The van der Waals surface area contributed by atoms with Crippen molar-refractivity contribution in [3.63, 3.8) is 0 Å². The molecule has 0 spiro atoms. The Hall–Kier alpha value is -0.680. The Labute approximate surface area is 88.3 Å². The van der Waals surface area contributed by atoms with Crippen molar-refractivity contribution in [2.24, 2.45) is 5.92 Å². The van der Waals surface area contributed by atoms with Gasteiger partial charge in [0.15, 0.2) is 0 Å². The zero-order chi connectivity index (χ0) is 9.80. The minimum absolute atomic E-state index is 0.743. The summed E-state index contributed by atoms with van der Waals surface area (Å²) in [5, 5.41) is 7.70. The lowest BCUT2D eigenvalue weighted by molar-refractivity contribution is 0.393. The highest BCUT2D eigenvalue weighted by molar-refractivity contribution is 7.09. The first kappa shape index (κ1) is 9.86. The Morgan fingerprint density at radius 3 is 3.21 bits per heavy atom. The third-order valence-corrected chi connectivity index (χ3v) is 3.23. The molecule has 78 valence electrons. The van der Waals surface area contributed by atoms with E-state index in [2.05, 4.69) is 20.0 Å². The van der Waals surface area contributed by atoms with Crippen LogP contribution in [0.4, 0.5) is 5.13 Å². The Morgan fingerprint density at radius 2 is 2.57 bits per heavy atom. The molecule has 1 fully saturated rings. The van der Waals surface area contributed by atoms with Crippen molar-refractivity contribution >= 4 is 16.7 Å². The predicted molar refractivity (Wildman–Crippen MR) is 58.7 cm³/mol. The van der Waals surface area contributed by atoms with Crippen LogP contribution in [-0.2, 0) is 0 Å². The number of aryl methyl sites for hydroxylation is 1. The summed E-state index contributed by atoms with van der Waals surface area (Å²) in [7, 11) is 0. The van der Waals surface area contributed by atoms with Crippen LogP contribution < -0.4 is 10.6 Å². The van der Waals surface area contributed by atoms with E-state index in [9.17, 15) is 0 Å². The second kappa shape index (κ2) is 4.70. The molecule has 1 unspecified atom stereocenters. The molecule has 1 aromatic heterocycles. The predicted octanol–water partition coefficient (Wildman–Crippen LogP) is 1.26. The van der Waals surface area contributed by atoms with Gasteiger partial charge in [-0.15, -0.1) is 0 Å². The fourth-order valence-corrected chi connectivity index (χ4v) is 2.28. The van der Waals surface area contributed by atoms with Crippen LogP contribution in [0.1, 0.15) is 18.7 Å². The van der Waals surface area contributed by atoms with E-state index in [1.807, 2.05) is 6.92 Å². The molecule has 0 radical (unpaired) electrons. The maximum absolute atomic E-state index is 4.27. The number of anilines is 1. The second-order valence-corrected chi connectivity index (χ2v) is 4.49. The van der Waals surface area contributed by atoms with Crippen LogP contribution in [0.5, 0.6) is 0 Å². The molecule has 14 heavy (non-hydrogen) atoms. The molecule has 4 nitrogen and oxygen atoms in total. The van der Waals surface area contributed by atoms with Crippen LogP contribution in [0.2, 0.25) is 0 Å². The molecule has 2 N–H and O–H groups in total. The van der Waals surface area contributed by atoms with E-state index in [-0.39, 0.29) is 0 Å². The van der Waals surface area contributed by atoms with E-state index in [0.717, 1.165) is 30.0 Å². The molecule has 1 atom stereocenters. The topological polar surface area (TPSA) is 49.8 Å². The Kier molecular flexibility index (Phi) is 3.31. The molecule has 2 heterocycles. The first-order valence-electron chi connectivity index (χ1n) is 5.09. The minimum Gasteiger partial charge on any atom is -0.360 e. The van der Waals surface area contributed by atoms with Crippen molar-refractivity contribution in [1.29, 1.82) is 0 Å². The third kappa shape index (κ3) is 2.65. The highest BCUT2D eigenvalue weighted by Gasteiger charge is 2.12. The van der Waals surface area contributed by atoms with E-state index in [0.29, 0.717) is 0 Å². The van der Waals surface area contributed by atoms with Crippen molar-refractivity contribution in [3.05, 3.63) is 5.82 Å². The summed E-state index contributed by atoms with van der Waals surface area (Å²) in [5.41, 5.74) is 0. The van der Waals surface area contributed by atoms with E-state index < -0.39 is 0 Å². The molecule has 5 heteroatoms. The number of hydrogen-bond donors (Lipinski definition) is 2. The Morgan fingerprint density at radius 1 is 1.64 bits per heavy atom. The van der Waals surface area contributed by atoms with Crippen LogP contribution in [0, 0.1) is 12.8 Å². The summed E-state index contributed by atoms with van der Waals surface area (Å²) in [6.07, 6.45) is 2.61. The molecule has 0 aromatic carbocycles. The summed E-state index contributed by atoms with van der Waals surface area (Å²) in [6, 6.07) is 0. The van der Waals surface area contributed by atoms with Gasteiger partial charge in [0.25, 0.3) is 0 Å². The second-order valence-electron chi connectivity index (χ2n) is 3.74. The Balaban J connectivity index is 1.76. The van der Waals surface area contributed by atoms with Crippen LogP contribution in [0.15, 0.2) is 0 Å². The summed E-state index contributed by atoms with van der Waals surface area (Å²) in [4.78, 5) is 4.27. The van der Waals surface area contributed by atoms with Crippen LogP contribution in [0.3, 0.4) is 0 Å². The van der Waals surface area contributed by atoms with Gasteiger partial charge in [-0.1, -0.05) is 0 Å². The van der Waals surface area contributed by atoms with Crippen molar-refractivity contribution in [1.82, 2.24) is 14.7 Å². The maximum Gasteiger partial charge on any atom is 0.202 e. The van der Waals surface area contributed by atoms with Crippen molar-refractivity contribution < 1.29 is 0 Å². The molecule has 0 saturated carbocycles. The van der Waals surface area contributed by atoms with Crippen LogP contribution in [-0.4, -0.2) is 29.0 Å². The largest absolute Gasteiger partial charge is 0.360 e. The van der Waals surface area contributed by atoms with Crippen molar-refractivity contribution in [3.8, 4) is 0 Å². The third-order valence-electron chi connectivity index (χ3n) is 2.47. The number of piperidine rings is 1. The quantitative estimate of drug-likeness (QED) is 0.792. The first-order chi connectivity index (χ1) is 6.84. The Bertz CT molecular complexity index is 280. The number of rotatable bonds is 3. The molecule has 0 amide bonds. The van der Waals surface area contributed by atoms with E-state index >= 15 is 0 Å². The zero-order valence-corrected chi connectivity index (χ0v) is 9.23. The van der Waals surface area contributed by atoms with Gasteiger partial charge >= 0.3 is 0 Å². The lowest BCUT2D eigenvalue weighted by atomic mass is 10.00. The highest BCUT2D eigenvalue weighted by atomic mass is 32.1. The lowest BCUT2D eigenvalue weighted by Crippen LogP contribution is -2.33. The highest BCUT2D eigenvalue weighted by Crippen LogP contribution is 2.14. The molecule has 0 aliphatic carbocycles. The molecule has 0 bridgehead atoms. The normalized spacial score (nSPS) is 22.2. The summed E-state index contributed by atoms with van der Waals surface area (Å²) in [5.74, 6) is 1.60. The minimum atomic E-state index is 0.743. The summed E-state index contributed by atoms with van der Waals surface area (Å²) in [6.45, 7) is 5.24. The number of nitrogens with one attached hydrogen (secondary N) is 2. The number of nitrogens with zero attached hydrogens (tertiary/aromatic N) is 2. The van der Waals surface area contributed by atoms with Gasteiger partial charge in [0.05, 0.1) is 0 Å². The fourth-order valence-electron chi connectivity index (χ4n) is 1.70. The molecule has 2 rings (SSSR count). The fraction of sp³-hybridized carbons (Fsp3) is 0.778. The zero-order valence-electron chi connectivity index (χ0n) is 8.42. The van der Waals surface area contributed by atoms with Gasteiger partial charge in [0, 0.05) is 18.1 Å². The van der Waals surface area contributed by atoms with Gasteiger partial charge in [-0.25, -0.2) is 4.98 Å². The molecule has 1 aliphatic heterocycles. The standard InChI is InChI=1S/C9H16N4S/c1-7-12-9(14-13-7)11-6-8-3-2-4-10-5-8/h8,10H,2-6H2,1H3,(H,11,12,13). The van der Waals surface area contributed by atoms with Gasteiger partial charge < -0.3 is 10.6 Å². The van der Waals surface area contributed by atoms with Crippen LogP contribution >= 0.6 is 11.5 Å². The first-order valence-corrected chi connectivity index (χ1v) is 5.87. The maximum atomic E-state index is 4.27. The van der Waals surface area contributed by atoms with E-state index in [1.165, 1.54) is 30.9 Å². The molecular weight excluding hydrogens is 196 g/mol. The average Bonchev–Trinajstić information content (AvgIpc) is 2.63. The average molecular weight is 212 g/mol. The van der Waals surface area contributed by atoms with Gasteiger partial charge in [-0.2, -0.15) is 4.37 Å². The van der Waals surface area contributed by atoms with Gasteiger partial charge in [-0.05, 0) is 38.8 Å². The van der Waals surface area contributed by atoms with Crippen LogP contribution in [0.25, 0.3) is 0 Å². The SMILES string of the molecule is Cc1nsc(NCC2CCCNC2)n1. The summed E-state index contributed by atoms with van der Waals surface area (Å²) >= 11 is 1.45.